The Bertz CT molecular complexity index is 520. The molecule has 1 saturated heterocycles. The van der Waals surface area contributed by atoms with E-state index in [0.29, 0.717) is 19.1 Å². The van der Waals surface area contributed by atoms with E-state index < -0.39 is 0 Å². The first kappa shape index (κ1) is 16.5. The number of imidazole rings is 1. The van der Waals surface area contributed by atoms with Crippen LogP contribution in [0.1, 0.15) is 32.5 Å². The van der Waals surface area contributed by atoms with Crippen LogP contribution in [0.5, 0.6) is 0 Å². The second kappa shape index (κ2) is 7.45. The van der Waals surface area contributed by atoms with Crippen LogP contribution in [-0.2, 0) is 22.6 Å². The molecule has 1 aromatic heterocycles. The second-order valence-electron chi connectivity index (χ2n) is 6.57. The van der Waals surface area contributed by atoms with Gasteiger partial charge in [0.15, 0.2) is 0 Å². The zero-order chi connectivity index (χ0) is 16.2. The molecule has 3 rings (SSSR count). The summed E-state index contributed by atoms with van der Waals surface area (Å²) in [5, 5.41) is 0. The van der Waals surface area contributed by atoms with Crippen LogP contribution in [0.4, 0.5) is 0 Å². The molecular formula is C17H28N4O2. The SMILES string of the molecule is CCN(CC)CC1CN(C(=O)[C@@H]2CCCO2)Cc2nccn2C1. The van der Waals surface area contributed by atoms with Crippen molar-refractivity contribution in [1.29, 1.82) is 0 Å². The van der Waals surface area contributed by atoms with E-state index in [0.717, 1.165) is 51.4 Å². The number of nitrogens with zero attached hydrogens (tertiary/aromatic N) is 4. The van der Waals surface area contributed by atoms with Crippen molar-refractivity contribution in [2.24, 2.45) is 5.92 Å². The Morgan fingerprint density at radius 3 is 2.91 bits per heavy atom. The first-order chi connectivity index (χ1) is 11.2. The van der Waals surface area contributed by atoms with E-state index >= 15 is 0 Å². The molecule has 1 unspecified atom stereocenters. The molecule has 6 heteroatoms. The number of carbonyl (C=O) groups is 1. The molecule has 1 fully saturated rings. The predicted octanol–water partition coefficient (Wildman–Crippen LogP) is 1.36. The van der Waals surface area contributed by atoms with Gasteiger partial charge < -0.3 is 19.1 Å². The Hall–Kier alpha value is -1.40. The van der Waals surface area contributed by atoms with Crippen molar-refractivity contribution in [3.63, 3.8) is 0 Å². The van der Waals surface area contributed by atoms with Gasteiger partial charge in [-0.15, -0.1) is 0 Å². The molecule has 0 spiro atoms. The highest BCUT2D eigenvalue weighted by Gasteiger charge is 2.32. The van der Waals surface area contributed by atoms with Crippen molar-refractivity contribution in [2.75, 3.05) is 32.8 Å². The highest BCUT2D eigenvalue weighted by atomic mass is 16.5. The molecule has 23 heavy (non-hydrogen) atoms. The van der Waals surface area contributed by atoms with Gasteiger partial charge in [0.2, 0.25) is 0 Å². The van der Waals surface area contributed by atoms with Crippen LogP contribution in [0.15, 0.2) is 12.4 Å². The highest BCUT2D eigenvalue weighted by molar-refractivity contribution is 5.81. The third-order valence-corrected chi connectivity index (χ3v) is 5.00. The quantitative estimate of drug-likeness (QED) is 0.822. The molecule has 0 saturated carbocycles. The molecule has 2 aliphatic rings. The molecule has 0 aliphatic carbocycles. The van der Waals surface area contributed by atoms with Gasteiger partial charge in [-0.05, 0) is 25.9 Å². The number of ether oxygens (including phenoxy) is 1. The Kier molecular flexibility index (Phi) is 5.33. The zero-order valence-corrected chi connectivity index (χ0v) is 14.3. The fraction of sp³-hybridized carbons (Fsp3) is 0.765. The van der Waals surface area contributed by atoms with E-state index in [9.17, 15) is 4.79 Å². The molecule has 0 radical (unpaired) electrons. The number of hydrogen-bond acceptors (Lipinski definition) is 4. The summed E-state index contributed by atoms with van der Waals surface area (Å²) in [6.45, 7) is 10.5. The number of amides is 1. The van der Waals surface area contributed by atoms with Crippen molar-refractivity contribution in [1.82, 2.24) is 19.4 Å². The number of hydrogen-bond donors (Lipinski definition) is 0. The first-order valence-electron chi connectivity index (χ1n) is 8.84. The Balaban J connectivity index is 1.75. The molecule has 0 aromatic carbocycles. The standard InChI is InChI=1S/C17H28N4O2/c1-3-19(4-2)10-14-11-20-8-7-18-16(20)13-21(12-14)17(22)15-6-5-9-23-15/h7-8,14-15H,3-6,9-13H2,1-2H3/t14?,15-/m0/s1. The summed E-state index contributed by atoms with van der Waals surface area (Å²) in [6, 6.07) is 0. The van der Waals surface area contributed by atoms with E-state index in [2.05, 4.69) is 28.3 Å². The van der Waals surface area contributed by atoms with Gasteiger partial charge in [0, 0.05) is 44.6 Å². The summed E-state index contributed by atoms with van der Waals surface area (Å²) in [7, 11) is 0. The molecule has 128 valence electrons. The van der Waals surface area contributed by atoms with Gasteiger partial charge in [0.25, 0.3) is 5.91 Å². The number of carbonyl (C=O) groups excluding carboxylic acids is 1. The second-order valence-corrected chi connectivity index (χ2v) is 6.57. The topological polar surface area (TPSA) is 50.6 Å². The summed E-state index contributed by atoms with van der Waals surface area (Å²) in [4.78, 5) is 21.7. The average molecular weight is 320 g/mol. The number of rotatable bonds is 5. The van der Waals surface area contributed by atoms with Gasteiger partial charge in [-0.25, -0.2) is 4.98 Å². The maximum absolute atomic E-state index is 12.8. The monoisotopic (exact) mass is 320 g/mol. The van der Waals surface area contributed by atoms with E-state index in [4.69, 9.17) is 4.74 Å². The largest absolute Gasteiger partial charge is 0.368 e. The van der Waals surface area contributed by atoms with Crippen LogP contribution >= 0.6 is 0 Å². The van der Waals surface area contributed by atoms with E-state index in [1.54, 1.807) is 0 Å². The summed E-state index contributed by atoms with van der Waals surface area (Å²) >= 11 is 0. The lowest BCUT2D eigenvalue weighted by atomic mass is 10.1. The van der Waals surface area contributed by atoms with E-state index in [-0.39, 0.29) is 12.0 Å². The van der Waals surface area contributed by atoms with Crippen LogP contribution in [-0.4, -0.2) is 64.1 Å². The molecule has 6 nitrogen and oxygen atoms in total. The van der Waals surface area contributed by atoms with Crippen LogP contribution in [0.2, 0.25) is 0 Å². The van der Waals surface area contributed by atoms with Crippen molar-refractivity contribution in [2.45, 2.75) is 45.9 Å². The minimum atomic E-state index is -0.245. The third kappa shape index (κ3) is 3.75. The molecule has 2 aliphatic heterocycles. The summed E-state index contributed by atoms with van der Waals surface area (Å²) in [5.41, 5.74) is 0. The fourth-order valence-electron chi connectivity index (χ4n) is 3.65. The summed E-state index contributed by atoms with van der Waals surface area (Å²) in [5.74, 6) is 1.55. The smallest absolute Gasteiger partial charge is 0.252 e. The maximum Gasteiger partial charge on any atom is 0.252 e. The lowest BCUT2D eigenvalue weighted by molar-refractivity contribution is -0.142. The van der Waals surface area contributed by atoms with Gasteiger partial charge in [0.05, 0.1) is 6.54 Å². The zero-order valence-electron chi connectivity index (χ0n) is 14.3. The molecule has 0 N–H and O–H groups in total. The number of fused-ring (bicyclic) bond motifs is 1. The molecule has 1 amide bonds. The van der Waals surface area contributed by atoms with Crippen molar-refractivity contribution in [3.05, 3.63) is 18.2 Å². The van der Waals surface area contributed by atoms with Crippen molar-refractivity contribution in [3.8, 4) is 0 Å². The van der Waals surface area contributed by atoms with Gasteiger partial charge >= 0.3 is 0 Å². The minimum absolute atomic E-state index is 0.142. The third-order valence-electron chi connectivity index (χ3n) is 5.00. The van der Waals surface area contributed by atoms with E-state index in [1.807, 2.05) is 17.3 Å². The van der Waals surface area contributed by atoms with Gasteiger partial charge in [-0.1, -0.05) is 13.8 Å². The molecule has 1 aromatic rings. The van der Waals surface area contributed by atoms with Crippen molar-refractivity contribution >= 4 is 5.91 Å². The normalized spacial score (nSPS) is 24.7. The first-order valence-corrected chi connectivity index (χ1v) is 8.84. The van der Waals surface area contributed by atoms with Crippen LogP contribution in [0, 0.1) is 5.92 Å². The van der Waals surface area contributed by atoms with E-state index in [1.165, 1.54) is 0 Å². The summed E-state index contributed by atoms with van der Waals surface area (Å²) < 4.78 is 7.81. The Labute approximate surface area is 138 Å². The molecule has 2 atom stereocenters. The molecular weight excluding hydrogens is 292 g/mol. The van der Waals surface area contributed by atoms with Crippen LogP contribution in [0.25, 0.3) is 0 Å². The predicted molar refractivity (Wildman–Crippen MR) is 87.9 cm³/mol. The maximum atomic E-state index is 12.8. The van der Waals surface area contributed by atoms with Gasteiger partial charge in [0.1, 0.15) is 11.9 Å². The van der Waals surface area contributed by atoms with Crippen LogP contribution < -0.4 is 0 Å². The highest BCUT2D eigenvalue weighted by Crippen LogP contribution is 2.21. The van der Waals surface area contributed by atoms with Gasteiger partial charge in [-0.3, -0.25) is 4.79 Å². The minimum Gasteiger partial charge on any atom is -0.368 e. The fourth-order valence-corrected chi connectivity index (χ4v) is 3.65. The van der Waals surface area contributed by atoms with Gasteiger partial charge in [-0.2, -0.15) is 0 Å². The molecule has 3 heterocycles. The Morgan fingerprint density at radius 1 is 1.39 bits per heavy atom. The van der Waals surface area contributed by atoms with Crippen molar-refractivity contribution < 1.29 is 9.53 Å². The lowest BCUT2D eigenvalue weighted by Crippen LogP contribution is -2.43. The summed E-state index contributed by atoms with van der Waals surface area (Å²) in [6.07, 6.45) is 5.46. The Morgan fingerprint density at radius 2 is 2.22 bits per heavy atom. The number of aromatic nitrogens is 2. The van der Waals surface area contributed by atoms with Crippen LogP contribution in [0.3, 0.4) is 0 Å². The lowest BCUT2D eigenvalue weighted by Gasteiger charge is -2.29. The average Bonchev–Trinajstić information content (AvgIpc) is 3.21. The molecule has 0 bridgehead atoms.